The predicted octanol–water partition coefficient (Wildman–Crippen LogP) is 3.02. The first-order valence-electron chi connectivity index (χ1n) is 8.32. The maximum absolute atomic E-state index is 12.4. The minimum Gasteiger partial charge on any atom is -0.449 e. The van der Waals surface area contributed by atoms with Crippen LogP contribution in [0.1, 0.15) is 34.6 Å². The second-order valence-electron chi connectivity index (χ2n) is 5.88. The molecule has 0 aliphatic heterocycles. The lowest BCUT2D eigenvalue weighted by atomic mass is 10.1. The zero-order valence-corrected chi connectivity index (χ0v) is 15.5. The van der Waals surface area contributed by atoms with Crippen molar-refractivity contribution in [2.24, 2.45) is 0 Å². The van der Waals surface area contributed by atoms with Crippen molar-refractivity contribution in [2.45, 2.75) is 20.0 Å². The molecule has 1 amide bonds. The minimum atomic E-state index is -1.20. The van der Waals surface area contributed by atoms with Crippen molar-refractivity contribution in [1.82, 2.24) is 0 Å². The fourth-order valence-electron chi connectivity index (χ4n) is 2.44. The number of nitro benzene ring substituents is 1. The van der Waals surface area contributed by atoms with Gasteiger partial charge in [-0.2, -0.15) is 0 Å². The SMILES string of the molecule is CNc1ccc([N+](=O)[O-])cc1C(=O)O[C@H](C)C(=O)Nc1ccccc1C(C)=O. The van der Waals surface area contributed by atoms with Crippen LogP contribution in [0.25, 0.3) is 0 Å². The van der Waals surface area contributed by atoms with E-state index in [1.54, 1.807) is 31.3 Å². The van der Waals surface area contributed by atoms with Crippen LogP contribution in [0.15, 0.2) is 42.5 Å². The third-order valence-corrected chi connectivity index (χ3v) is 3.92. The maximum atomic E-state index is 12.4. The van der Waals surface area contributed by atoms with E-state index >= 15 is 0 Å². The zero-order valence-electron chi connectivity index (χ0n) is 15.5. The summed E-state index contributed by atoms with van der Waals surface area (Å²) in [6.07, 6.45) is -1.20. The highest BCUT2D eigenvalue weighted by Crippen LogP contribution is 2.23. The molecule has 0 saturated heterocycles. The molecule has 0 spiro atoms. The van der Waals surface area contributed by atoms with E-state index in [-0.39, 0.29) is 17.0 Å². The van der Waals surface area contributed by atoms with Gasteiger partial charge in [0.05, 0.1) is 16.2 Å². The van der Waals surface area contributed by atoms with E-state index in [0.717, 1.165) is 6.07 Å². The van der Waals surface area contributed by atoms with Gasteiger partial charge in [-0.25, -0.2) is 4.79 Å². The van der Waals surface area contributed by atoms with Gasteiger partial charge in [0.15, 0.2) is 11.9 Å². The monoisotopic (exact) mass is 385 g/mol. The lowest BCUT2D eigenvalue weighted by molar-refractivity contribution is -0.384. The molecule has 146 valence electrons. The number of esters is 1. The average Bonchev–Trinajstić information content (AvgIpc) is 2.67. The molecule has 2 aromatic carbocycles. The third kappa shape index (κ3) is 4.70. The molecule has 0 aliphatic rings. The van der Waals surface area contributed by atoms with Crippen LogP contribution in [0.3, 0.4) is 0 Å². The number of carbonyl (C=O) groups excluding carboxylic acids is 3. The number of rotatable bonds is 7. The number of benzene rings is 2. The Kier molecular flexibility index (Phi) is 6.43. The van der Waals surface area contributed by atoms with Crippen LogP contribution >= 0.6 is 0 Å². The van der Waals surface area contributed by atoms with Crippen molar-refractivity contribution in [2.75, 3.05) is 17.7 Å². The van der Waals surface area contributed by atoms with Crippen molar-refractivity contribution in [3.05, 3.63) is 63.7 Å². The Labute approximate surface area is 160 Å². The van der Waals surface area contributed by atoms with Crippen molar-refractivity contribution in [1.29, 1.82) is 0 Å². The van der Waals surface area contributed by atoms with Crippen LogP contribution in [-0.4, -0.2) is 35.7 Å². The first-order valence-corrected chi connectivity index (χ1v) is 8.32. The highest BCUT2D eigenvalue weighted by Gasteiger charge is 2.23. The summed E-state index contributed by atoms with van der Waals surface area (Å²) in [6.45, 7) is 2.73. The van der Waals surface area contributed by atoms with Crippen molar-refractivity contribution < 1.29 is 24.0 Å². The number of anilines is 2. The molecular weight excluding hydrogens is 366 g/mol. The largest absolute Gasteiger partial charge is 0.449 e. The number of amides is 1. The number of Topliss-reactive ketones (excluding diaryl/α,β-unsaturated/α-hetero) is 1. The number of hydrogen-bond acceptors (Lipinski definition) is 7. The molecule has 0 aromatic heterocycles. The highest BCUT2D eigenvalue weighted by atomic mass is 16.6. The second-order valence-corrected chi connectivity index (χ2v) is 5.88. The quantitative estimate of drug-likeness (QED) is 0.324. The molecule has 0 aliphatic carbocycles. The summed E-state index contributed by atoms with van der Waals surface area (Å²) in [7, 11) is 1.55. The van der Waals surface area contributed by atoms with Crippen molar-refractivity contribution in [3.63, 3.8) is 0 Å². The Morgan fingerprint density at radius 3 is 2.36 bits per heavy atom. The molecule has 0 bridgehead atoms. The van der Waals surface area contributed by atoms with Gasteiger partial charge in [0.2, 0.25) is 0 Å². The number of nitrogens with zero attached hydrogens (tertiary/aromatic N) is 1. The van der Waals surface area contributed by atoms with Crippen molar-refractivity contribution >= 4 is 34.7 Å². The fraction of sp³-hybridized carbons (Fsp3) is 0.211. The summed E-state index contributed by atoms with van der Waals surface area (Å²) < 4.78 is 5.15. The Morgan fingerprint density at radius 2 is 1.75 bits per heavy atom. The normalized spacial score (nSPS) is 11.2. The van der Waals surface area contributed by atoms with Crippen LogP contribution in [0, 0.1) is 10.1 Å². The summed E-state index contributed by atoms with van der Waals surface area (Å²) in [5, 5.41) is 16.2. The van der Waals surface area contributed by atoms with E-state index in [2.05, 4.69) is 10.6 Å². The zero-order chi connectivity index (χ0) is 20.8. The van der Waals surface area contributed by atoms with E-state index < -0.39 is 22.9 Å². The first kappa shape index (κ1) is 20.6. The number of non-ortho nitro benzene ring substituents is 1. The van der Waals surface area contributed by atoms with Gasteiger partial charge >= 0.3 is 5.97 Å². The Morgan fingerprint density at radius 1 is 1.07 bits per heavy atom. The topological polar surface area (TPSA) is 128 Å². The van der Waals surface area contributed by atoms with Gasteiger partial charge in [0.25, 0.3) is 11.6 Å². The van der Waals surface area contributed by atoms with E-state index in [9.17, 15) is 24.5 Å². The van der Waals surface area contributed by atoms with Crippen molar-refractivity contribution in [3.8, 4) is 0 Å². The molecule has 0 unspecified atom stereocenters. The highest BCUT2D eigenvalue weighted by molar-refractivity contribution is 6.05. The molecule has 1 atom stereocenters. The number of ether oxygens (including phenoxy) is 1. The van der Waals surface area contributed by atoms with Gasteiger partial charge < -0.3 is 15.4 Å². The lowest BCUT2D eigenvalue weighted by Gasteiger charge is -2.16. The van der Waals surface area contributed by atoms with Gasteiger partial charge in [-0.05, 0) is 32.0 Å². The standard InChI is InChI=1S/C19H19N3O6/c1-11(23)14-6-4-5-7-17(14)21-18(24)12(2)28-19(25)15-10-13(22(26)27)8-9-16(15)20-3/h4-10,12,20H,1-3H3,(H,21,24)/t12-/m1/s1. The van der Waals surface area contributed by atoms with Gasteiger partial charge in [-0.3, -0.25) is 19.7 Å². The number of hydrogen-bond donors (Lipinski definition) is 2. The summed E-state index contributed by atoms with van der Waals surface area (Å²) in [5.41, 5.74) is 0.601. The summed E-state index contributed by atoms with van der Waals surface area (Å²) in [4.78, 5) is 46.7. The third-order valence-electron chi connectivity index (χ3n) is 3.92. The molecule has 2 N–H and O–H groups in total. The van der Waals surface area contributed by atoms with Gasteiger partial charge in [-0.1, -0.05) is 12.1 Å². The number of para-hydroxylation sites is 1. The molecule has 0 radical (unpaired) electrons. The molecule has 9 heteroatoms. The molecule has 0 heterocycles. The molecule has 0 saturated carbocycles. The molecule has 9 nitrogen and oxygen atoms in total. The summed E-state index contributed by atoms with van der Waals surface area (Å²) >= 11 is 0. The number of nitro groups is 1. The molecule has 0 fully saturated rings. The first-order chi connectivity index (χ1) is 13.2. The van der Waals surface area contributed by atoms with Crippen LogP contribution in [-0.2, 0) is 9.53 Å². The smallest absolute Gasteiger partial charge is 0.341 e. The summed E-state index contributed by atoms with van der Waals surface area (Å²) in [5.74, 6) is -1.76. The van der Waals surface area contributed by atoms with E-state index in [1.165, 1.54) is 26.0 Å². The van der Waals surface area contributed by atoms with E-state index in [0.29, 0.717) is 16.9 Å². The molecule has 2 rings (SSSR count). The number of carbonyl (C=O) groups is 3. The van der Waals surface area contributed by atoms with E-state index in [4.69, 9.17) is 4.74 Å². The Hall–Kier alpha value is -3.75. The molecular formula is C19H19N3O6. The number of nitrogens with one attached hydrogen (secondary N) is 2. The van der Waals surface area contributed by atoms with Gasteiger partial charge in [0.1, 0.15) is 0 Å². The summed E-state index contributed by atoms with van der Waals surface area (Å²) in [6, 6.07) is 10.1. The van der Waals surface area contributed by atoms with Crippen LogP contribution in [0.4, 0.5) is 17.1 Å². The van der Waals surface area contributed by atoms with E-state index in [1.807, 2.05) is 0 Å². The van der Waals surface area contributed by atoms with Crippen LogP contribution < -0.4 is 10.6 Å². The number of ketones is 1. The molecule has 28 heavy (non-hydrogen) atoms. The van der Waals surface area contributed by atoms with Crippen LogP contribution in [0.5, 0.6) is 0 Å². The lowest BCUT2D eigenvalue weighted by Crippen LogP contribution is -2.30. The second kappa shape index (κ2) is 8.76. The average molecular weight is 385 g/mol. The fourth-order valence-corrected chi connectivity index (χ4v) is 2.44. The minimum absolute atomic E-state index is 0.0690. The molecule has 2 aromatic rings. The van der Waals surface area contributed by atoms with Crippen LogP contribution in [0.2, 0.25) is 0 Å². The Bertz CT molecular complexity index is 941. The Balaban J connectivity index is 2.16. The van der Waals surface area contributed by atoms with Gasteiger partial charge in [-0.15, -0.1) is 0 Å². The maximum Gasteiger partial charge on any atom is 0.341 e. The predicted molar refractivity (Wildman–Crippen MR) is 103 cm³/mol. The van der Waals surface area contributed by atoms with Gasteiger partial charge in [0, 0.05) is 30.4 Å².